The number of hydrogen-bond acceptors (Lipinski definition) is 6. The van der Waals surface area contributed by atoms with E-state index in [0.717, 1.165) is 42.9 Å². The molecular weight excluding hydrogens is 504 g/mol. The smallest absolute Gasteiger partial charge is 0.316 e. The number of aromatic nitrogens is 1. The molecule has 1 fully saturated rings. The van der Waals surface area contributed by atoms with Gasteiger partial charge in [-0.05, 0) is 60.2 Å². The maximum atomic E-state index is 13.4. The number of rotatable bonds is 9. The van der Waals surface area contributed by atoms with Gasteiger partial charge in [0.25, 0.3) is 0 Å². The van der Waals surface area contributed by atoms with Crippen LogP contribution in [0.3, 0.4) is 0 Å². The van der Waals surface area contributed by atoms with Gasteiger partial charge in [-0.15, -0.1) is 4.91 Å². The first-order valence-electron chi connectivity index (χ1n) is 13.3. The summed E-state index contributed by atoms with van der Waals surface area (Å²) in [7, 11) is 0. The largest absolute Gasteiger partial charge is 0.493 e. The molecule has 8 nitrogen and oxygen atoms in total. The summed E-state index contributed by atoms with van der Waals surface area (Å²) in [6, 6.07) is 29.9. The van der Waals surface area contributed by atoms with Crippen molar-refractivity contribution in [3.05, 3.63) is 125 Å². The van der Waals surface area contributed by atoms with Crippen molar-refractivity contribution in [3.63, 3.8) is 0 Å². The van der Waals surface area contributed by atoms with Gasteiger partial charge in [0.15, 0.2) is 0 Å². The van der Waals surface area contributed by atoms with Gasteiger partial charge in [-0.3, -0.25) is 9.59 Å². The first-order valence-corrected chi connectivity index (χ1v) is 13.3. The molecule has 1 aliphatic rings. The molecular formula is C32H30N4O4. The Balaban J connectivity index is 1.15. The van der Waals surface area contributed by atoms with Crippen molar-refractivity contribution in [2.45, 2.75) is 18.8 Å². The van der Waals surface area contributed by atoms with E-state index in [1.807, 2.05) is 72.8 Å². The minimum absolute atomic E-state index is 0.106. The Labute approximate surface area is 233 Å². The highest BCUT2D eigenvalue weighted by Crippen LogP contribution is 2.28. The summed E-state index contributed by atoms with van der Waals surface area (Å²) in [6.45, 7) is 2.21. The second-order valence-corrected chi connectivity index (χ2v) is 9.81. The molecule has 2 heterocycles. The van der Waals surface area contributed by atoms with Gasteiger partial charge in [0.2, 0.25) is 5.91 Å². The standard InChI is InChI=1S/C32H30N4O4/c37-31(35-39)26-12-7-13-28(20-26)40-22-23-16-18-36(19-17-23)29-15-14-27(21-33-29)34-32(38)30(24-8-3-1-4-9-24)25-10-5-2-6-11-25/h1-15,20-21,23,30H,16-19,22H2,(H,34,38). The van der Waals surface area contributed by atoms with E-state index in [2.05, 4.69) is 20.4 Å². The zero-order chi connectivity index (χ0) is 27.7. The highest BCUT2D eigenvalue weighted by Gasteiger charge is 2.24. The highest BCUT2D eigenvalue weighted by molar-refractivity contribution is 5.98. The van der Waals surface area contributed by atoms with Crippen molar-refractivity contribution in [1.82, 2.24) is 4.98 Å². The molecule has 0 saturated carbocycles. The maximum Gasteiger partial charge on any atom is 0.316 e. The topological polar surface area (TPSA) is 101 Å². The molecule has 0 bridgehead atoms. The van der Waals surface area contributed by atoms with E-state index in [4.69, 9.17) is 4.74 Å². The lowest BCUT2D eigenvalue weighted by molar-refractivity contribution is -0.116. The van der Waals surface area contributed by atoms with E-state index in [-0.39, 0.29) is 11.5 Å². The minimum Gasteiger partial charge on any atom is -0.493 e. The molecule has 1 aromatic heterocycles. The van der Waals surface area contributed by atoms with E-state index in [1.165, 1.54) is 0 Å². The van der Waals surface area contributed by atoms with E-state index in [1.54, 1.807) is 30.5 Å². The fourth-order valence-corrected chi connectivity index (χ4v) is 4.96. The summed E-state index contributed by atoms with van der Waals surface area (Å²) in [4.78, 5) is 42.2. The molecule has 0 aliphatic carbocycles. The molecule has 1 aliphatic heterocycles. The number of benzene rings is 3. The fourth-order valence-electron chi connectivity index (χ4n) is 4.96. The lowest BCUT2D eigenvalue weighted by Gasteiger charge is -2.32. The molecule has 8 heteroatoms. The third-order valence-corrected chi connectivity index (χ3v) is 7.13. The second kappa shape index (κ2) is 12.8. The van der Waals surface area contributed by atoms with Gasteiger partial charge in [-0.2, -0.15) is 0 Å². The van der Waals surface area contributed by atoms with Gasteiger partial charge in [-0.1, -0.05) is 66.7 Å². The van der Waals surface area contributed by atoms with Crippen LogP contribution in [0.5, 0.6) is 5.75 Å². The van der Waals surface area contributed by atoms with Gasteiger partial charge >= 0.3 is 5.91 Å². The van der Waals surface area contributed by atoms with Crippen molar-refractivity contribution in [2.75, 3.05) is 29.9 Å². The van der Waals surface area contributed by atoms with Crippen LogP contribution < -0.4 is 15.0 Å². The summed E-state index contributed by atoms with van der Waals surface area (Å²) in [6.07, 6.45) is 3.58. The maximum absolute atomic E-state index is 13.4. The molecule has 0 spiro atoms. The molecule has 3 aromatic carbocycles. The molecule has 2 amide bonds. The molecule has 202 valence electrons. The SMILES string of the molecule is O=NC(=O)c1cccc(OCC2CCN(c3ccc(NC(=O)C(c4ccccc4)c4ccccc4)cn3)CC2)c1. The summed E-state index contributed by atoms with van der Waals surface area (Å²) in [5, 5.41) is 5.50. The Hall–Kier alpha value is -4.85. The number of anilines is 2. The fraction of sp³-hybridized carbons (Fsp3) is 0.219. The number of piperidine rings is 1. The van der Waals surface area contributed by atoms with E-state index in [9.17, 15) is 14.5 Å². The van der Waals surface area contributed by atoms with Gasteiger partial charge in [0.05, 0.1) is 24.4 Å². The van der Waals surface area contributed by atoms with Crippen molar-refractivity contribution >= 4 is 23.3 Å². The first kappa shape index (κ1) is 26.7. The predicted molar refractivity (Wildman–Crippen MR) is 155 cm³/mol. The van der Waals surface area contributed by atoms with Crippen LogP contribution in [0.1, 0.15) is 40.2 Å². The molecule has 1 saturated heterocycles. The first-order chi connectivity index (χ1) is 19.6. The van der Waals surface area contributed by atoms with Gasteiger partial charge < -0.3 is 15.0 Å². The van der Waals surface area contributed by atoms with Crippen LogP contribution in [0.25, 0.3) is 0 Å². The average molecular weight is 535 g/mol. The summed E-state index contributed by atoms with van der Waals surface area (Å²) in [5.41, 5.74) is 2.74. The molecule has 4 aromatic rings. The summed E-state index contributed by atoms with van der Waals surface area (Å²) >= 11 is 0. The van der Waals surface area contributed by atoms with E-state index >= 15 is 0 Å². The van der Waals surface area contributed by atoms with Crippen LogP contribution >= 0.6 is 0 Å². The lowest BCUT2D eigenvalue weighted by atomic mass is 9.90. The Kier molecular flexibility index (Phi) is 8.56. The zero-order valence-corrected chi connectivity index (χ0v) is 22.0. The molecule has 0 atom stereocenters. The number of nitrogens with zero attached hydrogens (tertiary/aromatic N) is 3. The number of ether oxygens (including phenoxy) is 1. The Morgan fingerprint density at radius 2 is 1.57 bits per heavy atom. The average Bonchev–Trinajstić information content (AvgIpc) is 3.01. The molecule has 5 rings (SSSR count). The Morgan fingerprint density at radius 1 is 0.900 bits per heavy atom. The number of hydrogen-bond donors (Lipinski definition) is 1. The Bertz CT molecular complexity index is 1400. The number of amides is 2. The second-order valence-electron chi connectivity index (χ2n) is 9.81. The van der Waals surface area contributed by atoms with Crippen molar-refractivity contribution in [2.24, 2.45) is 11.1 Å². The third-order valence-electron chi connectivity index (χ3n) is 7.13. The van der Waals surface area contributed by atoms with Crippen LogP contribution in [-0.4, -0.2) is 36.5 Å². The van der Waals surface area contributed by atoms with Crippen LogP contribution in [0.4, 0.5) is 11.5 Å². The Morgan fingerprint density at radius 3 is 2.17 bits per heavy atom. The molecule has 0 radical (unpaired) electrons. The number of nitroso groups, excluding NO2 is 1. The third kappa shape index (κ3) is 6.58. The molecule has 40 heavy (non-hydrogen) atoms. The van der Waals surface area contributed by atoms with Crippen molar-refractivity contribution in [1.29, 1.82) is 0 Å². The minimum atomic E-state index is -0.802. The number of pyridine rings is 1. The van der Waals surface area contributed by atoms with E-state index in [0.29, 0.717) is 24.0 Å². The van der Waals surface area contributed by atoms with E-state index < -0.39 is 11.8 Å². The number of carbonyl (C=O) groups excluding carboxylic acids is 2. The number of carbonyl (C=O) groups is 2. The highest BCUT2D eigenvalue weighted by atomic mass is 16.5. The monoisotopic (exact) mass is 534 g/mol. The molecule has 1 N–H and O–H groups in total. The summed E-state index contributed by atoms with van der Waals surface area (Å²) in [5.74, 6) is 0.457. The van der Waals surface area contributed by atoms with Crippen LogP contribution in [-0.2, 0) is 4.79 Å². The van der Waals surface area contributed by atoms with Crippen LogP contribution in [0.15, 0.2) is 108 Å². The van der Waals surface area contributed by atoms with Crippen molar-refractivity contribution in [3.8, 4) is 5.75 Å². The number of nitrogens with one attached hydrogen (secondary N) is 1. The van der Waals surface area contributed by atoms with Crippen LogP contribution in [0, 0.1) is 10.8 Å². The van der Waals surface area contributed by atoms with Gasteiger partial charge in [0.1, 0.15) is 11.6 Å². The van der Waals surface area contributed by atoms with Crippen molar-refractivity contribution < 1.29 is 14.3 Å². The summed E-state index contributed by atoms with van der Waals surface area (Å²) < 4.78 is 5.89. The molecule has 0 unspecified atom stereocenters. The quantitative estimate of drug-likeness (QED) is 0.262. The van der Waals surface area contributed by atoms with Gasteiger partial charge in [-0.25, -0.2) is 4.98 Å². The van der Waals surface area contributed by atoms with Crippen LogP contribution in [0.2, 0.25) is 0 Å². The normalized spacial score (nSPS) is 13.6. The van der Waals surface area contributed by atoms with Gasteiger partial charge in [0, 0.05) is 23.8 Å². The predicted octanol–water partition coefficient (Wildman–Crippen LogP) is 6.05. The lowest BCUT2D eigenvalue weighted by Crippen LogP contribution is -2.36. The zero-order valence-electron chi connectivity index (χ0n) is 22.0.